The van der Waals surface area contributed by atoms with E-state index in [1.807, 2.05) is 0 Å². The maximum atomic E-state index is 2.54. The van der Waals surface area contributed by atoms with E-state index in [1.54, 1.807) is 0 Å². The van der Waals surface area contributed by atoms with Crippen molar-refractivity contribution in [3.8, 4) is 33.4 Å². The third-order valence-electron chi connectivity index (χ3n) is 8.74. The quantitative estimate of drug-likeness (QED) is 0.221. The summed E-state index contributed by atoms with van der Waals surface area (Å²) in [5.74, 6) is 0.324. The summed E-state index contributed by atoms with van der Waals surface area (Å²) in [4.78, 5) is 0. The largest absolute Gasteiger partial charge is 0.0619 e. The van der Waals surface area contributed by atoms with Crippen molar-refractivity contribution in [1.29, 1.82) is 0 Å². The lowest BCUT2D eigenvalue weighted by molar-refractivity contribution is 1.04. The fraction of sp³-hybridized carbons (Fsp3) is 0.0857. The van der Waals surface area contributed by atoms with Gasteiger partial charge in [-0.15, -0.1) is 0 Å². The molecule has 0 aromatic heterocycles. The van der Waals surface area contributed by atoms with Crippen LogP contribution in [-0.2, 0) is 12.8 Å². The summed E-state index contributed by atoms with van der Waals surface area (Å²) in [7, 11) is 0. The van der Waals surface area contributed by atoms with Crippen LogP contribution in [0.15, 0.2) is 97.1 Å². The second-order valence-corrected chi connectivity index (χ2v) is 10.5. The van der Waals surface area contributed by atoms with Crippen molar-refractivity contribution in [2.75, 3.05) is 0 Å². The molecule has 0 bridgehead atoms. The summed E-state index contributed by atoms with van der Waals surface area (Å²) in [5.41, 5.74) is 21.5. The molecule has 0 amide bonds. The molecule has 0 fully saturated rings. The second kappa shape index (κ2) is 6.29. The molecule has 0 heteroatoms. The van der Waals surface area contributed by atoms with E-state index in [0.717, 1.165) is 12.8 Å². The SMILES string of the molecule is C1=C2c3cc4c(cc3-c3cc5c(cc3C2c2ccccc21)Cc1ccccc1-5)-c1ccccc1C4. The summed E-state index contributed by atoms with van der Waals surface area (Å²) in [6.45, 7) is 0. The first-order chi connectivity index (χ1) is 17.3. The van der Waals surface area contributed by atoms with Crippen LogP contribution in [-0.4, -0.2) is 0 Å². The van der Waals surface area contributed by atoms with Gasteiger partial charge >= 0.3 is 0 Å². The molecule has 0 nitrogen and oxygen atoms in total. The predicted octanol–water partition coefficient (Wildman–Crippen LogP) is 8.50. The van der Waals surface area contributed by atoms with E-state index in [4.69, 9.17) is 0 Å². The Morgan fingerprint density at radius 3 is 1.83 bits per heavy atom. The summed E-state index contributed by atoms with van der Waals surface area (Å²) in [6.07, 6.45) is 4.53. The third-order valence-corrected chi connectivity index (χ3v) is 8.74. The minimum Gasteiger partial charge on any atom is -0.0619 e. The van der Waals surface area contributed by atoms with E-state index in [-0.39, 0.29) is 0 Å². The Morgan fingerprint density at radius 1 is 0.429 bits per heavy atom. The number of hydrogen-bond donors (Lipinski definition) is 0. The zero-order valence-electron chi connectivity index (χ0n) is 19.3. The van der Waals surface area contributed by atoms with Gasteiger partial charge in [0.05, 0.1) is 0 Å². The lowest BCUT2D eigenvalue weighted by atomic mass is 9.73. The molecule has 0 heterocycles. The van der Waals surface area contributed by atoms with Crippen LogP contribution < -0.4 is 0 Å². The summed E-state index contributed by atoms with van der Waals surface area (Å²) >= 11 is 0. The molecule has 0 spiro atoms. The fourth-order valence-electron chi connectivity index (χ4n) is 7.21. The van der Waals surface area contributed by atoms with Gasteiger partial charge in [-0.1, -0.05) is 78.9 Å². The Morgan fingerprint density at radius 2 is 1.06 bits per heavy atom. The first kappa shape index (κ1) is 18.2. The van der Waals surface area contributed by atoms with Crippen molar-refractivity contribution in [2.24, 2.45) is 0 Å². The number of hydrogen-bond acceptors (Lipinski definition) is 0. The number of rotatable bonds is 0. The molecule has 5 aromatic carbocycles. The maximum Gasteiger partial charge on any atom is 0.0358 e. The van der Waals surface area contributed by atoms with E-state index in [9.17, 15) is 0 Å². The monoisotopic (exact) mass is 442 g/mol. The molecule has 0 N–H and O–H groups in total. The van der Waals surface area contributed by atoms with E-state index in [1.165, 1.54) is 83.5 Å². The van der Waals surface area contributed by atoms with Gasteiger partial charge in [-0.3, -0.25) is 0 Å². The van der Waals surface area contributed by atoms with Gasteiger partial charge in [0.25, 0.3) is 0 Å². The first-order valence-corrected chi connectivity index (χ1v) is 12.6. The minimum atomic E-state index is 0.324. The third kappa shape index (κ3) is 2.27. The average molecular weight is 443 g/mol. The van der Waals surface area contributed by atoms with E-state index >= 15 is 0 Å². The maximum absolute atomic E-state index is 2.54. The van der Waals surface area contributed by atoms with Crippen LogP contribution in [0.3, 0.4) is 0 Å². The van der Waals surface area contributed by atoms with Gasteiger partial charge in [-0.25, -0.2) is 0 Å². The Bertz CT molecular complexity index is 1800. The molecule has 1 atom stereocenters. The molecule has 9 rings (SSSR count). The Labute approximate surface area is 205 Å². The summed E-state index contributed by atoms with van der Waals surface area (Å²) in [6, 6.07) is 36.9. The molecule has 0 saturated heterocycles. The number of fused-ring (bicyclic) bond motifs is 14. The lowest BCUT2D eigenvalue weighted by Gasteiger charge is -2.30. The van der Waals surface area contributed by atoms with E-state index in [0.29, 0.717) is 5.92 Å². The molecule has 4 aliphatic carbocycles. The van der Waals surface area contributed by atoms with Gasteiger partial charge in [0.15, 0.2) is 0 Å². The fourth-order valence-corrected chi connectivity index (χ4v) is 7.21. The highest BCUT2D eigenvalue weighted by Crippen LogP contribution is 2.57. The summed E-state index contributed by atoms with van der Waals surface area (Å²) < 4.78 is 0. The highest BCUT2D eigenvalue weighted by Gasteiger charge is 2.37. The Balaban J connectivity index is 1.37. The van der Waals surface area contributed by atoms with Crippen LogP contribution in [0.4, 0.5) is 0 Å². The molecule has 5 aromatic rings. The Hall–Kier alpha value is -4.16. The van der Waals surface area contributed by atoms with Crippen LogP contribution in [0.5, 0.6) is 0 Å². The molecule has 0 aliphatic heterocycles. The second-order valence-electron chi connectivity index (χ2n) is 10.5. The zero-order valence-corrected chi connectivity index (χ0v) is 19.3. The summed E-state index contributed by atoms with van der Waals surface area (Å²) in [5, 5.41) is 0. The number of allylic oxidation sites excluding steroid dienone is 1. The van der Waals surface area contributed by atoms with Gasteiger partial charge in [0.2, 0.25) is 0 Å². The standard InChI is InChI=1S/C35H22/c1-4-10-25-20(7-1)13-23-16-30-31(18-28(23)25)32-19-29-24(14-21-8-2-5-11-26(21)29)17-34(32)35-27-12-6-3-9-22(27)15-33(30)35/h1-12,15-19,35H,13-14H2. The smallest absolute Gasteiger partial charge is 0.0358 e. The molecule has 4 aliphatic rings. The van der Waals surface area contributed by atoms with Gasteiger partial charge in [-0.05, 0) is 121 Å². The minimum absolute atomic E-state index is 0.324. The molecular weight excluding hydrogens is 420 g/mol. The van der Waals surface area contributed by atoms with Crippen molar-refractivity contribution >= 4 is 11.6 Å². The molecule has 0 saturated carbocycles. The van der Waals surface area contributed by atoms with Crippen LogP contribution in [0.1, 0.15) is 50.4 Å². The van der Waals surface area contributed by atoms with Crippen LogP contribution in [0.25, 0.3) is 45.0 Å². The average Bonchev–Trinajstić information content (AvgIpc) is 3.57. The molecule has 0 radical (unpaired) electrons. The normalized spacial score (nSPS) is 16.8. The molecule has 1 unspecified atom stereocenters. The van der Waals surface area contributed by atoms with Gasteiger partial charge in [-0.2, -0.15) is 0 Å². The highest BCUT2D eigenvalue weighted by atomic mass is 14.4. The van der Waals surface area contributed by atoms with Crippen molar-refractivity contribution in [1.82, 2.24) is 0 Å². The van der Waals surface area contributed by atoms with Crippen LogP contribution in [0.2, 0.25) is 0 Å². The van der Waals surface area contributed by atoms with Gasteiger partial charge in [0.1, 0.15) is 0 Å². The Kier molecular flexibility index (Phi) is 3.27. The highest BCUT2D eigenvalue weighted by molar-refractivity contribution is 6.05. The van der Waals surface area contributed by atoms with Crippen molar-refractivity contribution in [3.63, 3.8) is 0 Å². The van der Waals surface area contributed by atoms with Gasteiger partial charge < -0.3 is 0 Å². The van der Waals surface area contributed by atoms with E-state index < -0.39 is 0 Å². The van der Waals surface area contributed by atoms with E-state index in [2.05, 4.69) is 103 Å². The molecular formula is C35H22. The van der Waals surface area contributed by atoms with Crippen molar-refractivity contribution in [2.45, 2.75) is 18.8 Å². The van der Waals surface area contributed by atoms with Gasteiger partial charge in [0, 0.05) is 5.92 Å². The van der Waals surface area contributed by atoms with Crippen molar-refractivity contribution < 1.29 is 0 Å². The molecule has 162 valence electrons. The lowest BCUT2D eigenvalue weighted by Crippen LogP contribution is -2.11. The van der Waals surface area contributed by atoms with Crippen LogP contribution in [0, 0.1) is 0 Å². The first-order valence-electron chi connectivity index (χ1n) is 12.6. The molecule has 35 heavy (non-hydrogen) atoms. The number of benzene rings is 5. The predicted molar refractivity (Wildman–Crippen MR) is 145 cm³/mol. The van der Waals surface area contributed by atoms with Crippen molar-refractivity contribution in [3.05, 3.63) is 142 Å². The topological polar surface area (TPSA) is 0 Å². The van der Waals surface area contributed by atoms with Crippen LogP contribution >= 0.6 is 0 Å². The zero-order chi connectivity index (χ0) is 22.7.